The van der Waals surface area contributed by atoms with Crippen LogP contribution in [-0.2, 0) is 14.3 Å². The van der Waals surface area contributed by atoms with Crippen LogP contribution in [0.4, 0.5) is 0 Å². The number of fused-ring (bicyclic) bond motifs is 1. The Hall–Kier alpha value is -1.76. The second-order valence-corrected chi connectivity index (χ2v) is 6.90. The molecule has 0 radical (unpaired) electrons. The Labute approximate surface area is 154 Å². The van der Waals surface area contributed by atoms with E-state index in [2.05, 4.69) is 4.74 Å². The number of allylic oxidation sites excluding steroid dienone is 1. The number of esters is 1. The first-order valence-corrected chi connectivity index (χ1v) is 8.41. The van der Waals surface area contributed by atoms with E-state index in [1.807, 2.05) is 0 Å². The first-order valence-electron chi connectivity index (χ1n) is 7.65. The van der Waals surface area contributed by atoms with Gasteiger partial charge in [-0.3, -0.25) is 4.79 Å². The molecule has 0 aromatic heterocycles. The number of amides is 1. The fourth-order valence-corrected chi connectivity index (χ4v) is 3.90. The topological polar surface area (TPSA) is 76.1 Å². The van der Waals surface area contributed by atoms with Crippen molar-refractivity contribution in [3.05, 3.63) is 39.5 Å². The summed E-state index contributed by atoms with van der Waals surface area (Å²) in [6.45, 7) is 0.373. The molecule has 1 saturated heterocycles. The lowest BCUT2D eigenvalue weighted by Gasteiger charge is -2.31. The van der Waals surface area contributed by atoms with E-state index in [4.69, 9.17) is 27.9 Å². The number of carbonyl (C=O) groups is 2. The van der Waals surface area contributed by atoms with E-state index in [9.17, 15) is 14.7 Å². The predicted molar refractivity (Wildman–Crippen MR) is 91.8 cm³/mol. The quantitative estimate of drug-likeness (QED) is 0.808. The maximum Gasteiger partial charge on any atom is 0.342 e. The second-order valence-electron chi connectivity index (χ2n) is 6.11. The van der Waals surface area contributed by atoms with Gasteiger partial charge < -0.3 is 19.5 Å². The third kappa shape index (κ3) is 2.99. The lowest BCUT2D eigenvalue weighted by Crippen LogP contribution is -2.47. The van der Waals surface area contributed by atoms with Crippen LogP contribution in [0.1, 0.15) is 24.3 Å². The third-order valence-corrected chi connectivity index (χ3v) is 5.41. The predicted octanol–water partition coefficient (Wildman–Crippen LogP) is 2.51. The number of benzene rings is 1. The van der Waals surface area contributed by atoms with E-state index < -0.39 is 11.6 Å². The number of carbonyl (C=O) groups excluding carboxylic acids is 2. The van der Waals surface area contributed by atoms with Crippen molar-refractivity contribution in [2.24, 2.45) is 0 Å². The zero-order valence-electron chi connectivity index (χ0n) is 13.7. The number of halogens is 2. The fourth-order valence-electron chi connectivity index (χ4n) is 3.42. The molecule has 0 bridgehead atoms. The van der Waals surface area contributed by atoms with Gasteiger partial charge in [-0.1, -0.05) is 23.2 Å². The van der Waals surface area contributed by atoms with E-state index >= 15 is 0 Å². The number of methoxy groups -OCH3 is 2. The monoisotopic (exact) mass is 385 g/mol. The molecule has 0 spiro atoms. The Bertz CT molecular complexity index is 779. The van der Waals surface area contributed by atoms with Crippen molar-refractivity contribution >= 4 is 35.1 Å². The Balaban J connectivity index is 1.99. The summed E-state index contributed by atoms with van der Waals surface area (Å²) in [7, 11) is 2.70. The Morgan fingerprint density at radius 2 is 2.08 bits per heavy atom. The first kappa shape index (κ1) is 18.0. The smallest absolute Gasteiger partial charge is 0.342 e. The summed E-state index contributed by atoms with van der Waals surface area (Å²) in [6.07, 6.45) is 1.46. The molecule has 6 nitrogen and oxygen atoms in total. The lowest BCUT2D eigenvalue weighted by atomic mass is 9.92. The van der Waals surface area contributed by atoms with Crippen molar-refractivity contribution in [3.63, 3.8) is 0 Å². The van der Waals surface area contributed by atoms with Crippen LogP contribution in [0, 0.1) is 0 Å². The van der Waals surface area contributed by atoms with Crippen molar-refractivity contribution in [2.45, 2.75) is 24.4 Å². The minimum atomic E-state index is -1.94. The third-order valence-electron chi connectivity index (χ3n) is 4.59. The molecule has 1 N–H and O–H groups in total. The highest BCUT2D eigenvalue weighted by atomic mass is 35.5. The van der Waals surface area contributed by atoms with E-state index in [-0.39, 0.29) is 18.2 Å². The first-order chi connectivity index (χ1) is 11.8. The van der Waals surface area contributed by atoms with Gasteiger partial charge in [-0.15, -0.1) is 0 Å². The lowest BCUT2D eigenvalue weighted by molar-refractivity contribution is -0.162. The highest BCUT2D eigenvalue weighted by Crippen LogP contribution is 2.46. The van der Waals surface area contributed by atoms with Gasteiger partial charge in [0.15, 0.2) is 5.60 Å². The van der Waals surface area contributed by atoms with Crippen molar-refractivity contribution in [1.29, 1.82) is 0 Å². The molecule has 1 aromatic carbocycles. The fraction of sp³-hybridized carbons (Fsp3) is 0.412. The molecule has 2 atom stereocenters. The van der Waals surface area contributed by atoms with Crippen molar-refractivity contribution in [1.82, 2.24) is 4.90 Å². The molecular weight excluding hydrogens is 369 g/mol. The van der Waals surface area contributed by atoms with Crippen LogP contribution in [0.2, 0.25) is 10.0 Å². The normalized spacial score (nSPS) is 25.5. The maximum absolute atomic E-state index is 12.4. The van der Waals surface area contributed by atoms with E-state index in [1.165, 1.54) is 20.3 Å². The second kappa shape index (κ2) is 6.52. The average molecular weight is 386 g/mol. The van der Waals surface area contributed by atoms with Crippen molar-refractivity contribution < 1.29 is 24.2 Å². The molecule has 25 heavy (non-hydrogen) atoms. The molecule has 2 heterocycles. The Kier molecular flexibility index (Phi) is 4.70. The van der Waals surface area contributed by atoms with Crippen LogP contribution in [0.5, 0.6) is 5.75 Å². The van der Waals surface area contributed by atoms with Gasteiger partial charge in [0.25, 0.3) is 0 Å². The van der Waals surface area contributed by atoms with Gasteiger partial charge in [0, 0.05) is 23.7 Å². The minimum Gasteiger partial charge on any atom is -0.496 e. The molecule has 1 unspecified atom stereocenters. The summed E-state index contributed by atoms with van der Waals surface area (Å²) in [5.41, 5.74) is -0.664. The summed E-state index contributed by atoms with van der Waals surface area (Å²) < 4.78 is 9.99. The highest BCUT2D eigenvalue weighted by molar-refractivity contribution is 6.42. The molecule has 8 heteroatoms. The number of aliphatic hydroxyl groups is 1. The average Bonchev–Trinajstić information content (AvgIpc) is 2.99. The van der Waals surface area contributed by atoms with Crippen LogP contribution in [-0.4, -0.2) is 48.2 Å². The molecule has 1 fully saturated rings. The van der Waals surface area contributed by atoms with Crippen molar-refractivity contribution in [2.75, 3.05) is 20.8 Å². The molecule has 3 rings (SSSR count). The summed E-state index contributed by atoms with van der Waals surface area (Å²) >= 11 is 12.5. The number of hydrogen-bond donors (Lipinski definition) is 1. The van der Waals surface area contributed by atoms with Crippen molar-refractivity contribution in [3.8, 4) is 5.75 Å². The molecule has 0 aliphatic carbocycles. The molecular formula is C17H17Cl2NO5. The molecule has 1 amide bonds. The summed E-state index contributed by atoms with van der Waals surface area (Å²) in [6, 6.07) is 3.37. The van der Waals surface area contributed by atoms with Gasteiger partial charge in [0.2, 0.25) is 5.91 Å². The van der Waals surface area contributed by atoms with Crippen LogP contribution in [0.3, 0.4) is 0 Å². The SMILES string of the molecule is COC(=O)C1(O)C=C2C[C@H](c3c(OC)ccc(Cl)c3Cl)CN2C(=O)C1. The summed E-state index contributed by atoms with van der Waals surface area (Å²) in [5.74, 6) is -0.772. The van der Waals surface area contributed by atoms with Gasteiger partial charge in [0.05, 0.1) is 30.7 Å². The van der Waals surface area contributed by atoms with Crippen LogP contribution >= 0.6 is 23.2 Å². The van der Waals surface area contributed by atoms with Gasteiger partial charge in [-0.2, -0.15) is 0 Å². The summed E-state index contributed by atoms with van der Waals surface area (Å²) in [5, 5.41) is 11.2. The van der Waals surface area contributed by atoms with Crippen LogP contribution in [0.15, 0.2) is 23.9 Å². The highest BCUT2D eigenvalue weighted by Gasteiger charge is 2.47. The number of hydrogen-bond acceptors (Lipinski definition) is 5. The van der Waals surface area contributed by atoms with E-state index in [0.717, 1.165) is 0 Å². The van der Waals surface area contributed by atoms with E-state index in [0.29, 0.717) is 40.0 Å². The molecule has 1 aromatic rings. The van der Waals surface area contributed by atoms with Gasteiger partial charge >= 0.3 is 5.97 Å². The van der Waals surface area contributed by atoms with Gasteiger partial charge in [-0.05, 0) is 24.6 Å². The maximum atomic E-state index is 12.4. The zero-order valence-corrected chi connectivity index (χ0v) is 15.2. The van der Waals surface area contributed by atoms with Crippen LogP contribution < -0.4 is 4.74 Å². The standard InChI is InChI=1S/C17H17Cl2NO5/c1-24-12-4-3-11(18)15(19)14(12)9-5-10-6-17(23,16(22)25-2)7-13(21)20(10)8-9/h3-4,6,9,23H,5,7-8H2,1-2H3/t9-,17?/m0/s1. The largest absolute Gasteiger partial charge is 0.496 e. The Morgan fingerprint density at radius 3 is 2.72 bits per heavy atom. The number of rotatable bonds is 3. The van der Waals surface area contributed by atoms with Crippen LogP contribution in [0.25, 0.3) is 0 Å². The summed E-state index contributed by atoms with van der Waals surface area (Å²) in [4.78, 5) is 25.8. The number of ether oxygens (including phenoxy) is 2. The molecule has 2 aliphatic heterocycles. The molecule has 2 aliphatic rings. The van der Waals surface area contributed by atoms with Gasteiger partial charge in [-0.25, -0.2) is 4.79 Å². The Morgan fingerprint density at radius 1 is 1.36 bits per heavy atom. The number of nitrogens with zero attached hydrogens (tertiary/aromatic N) is 1. The minimum absolute atomic E-state index is 0.156. The molecule has 0 saturated carbocycles. The van der Waals surface area contributed by atoms with E-state index in [1.54, 1.807) is 17.0 Å². The molecule has 134 valence electrons. The zero-order chi connectivity index (χ0) is 18.4. The van der Waals surface area contributed by atoms with Gasteiger partial charge in [0.1, 0.15) is 5.75 Å².